The molecule has 0 aromatic carbocycles. The summed E-state index contributed by atoms with van der Waals surface area (Å²) >= 11 is 3.32. The van der Waals surface area contributed by atoms with E-state index in [9.17, 15) is 14.4 Å². The fourth-order valence-electron chi connectivity index (χ4n) is 4.68. The molecule has 3 N–H and O–H groups in total. The summed E-state index contributed by atoms with van der Waals surface area (Å²) in [6.45, 7) is 3.71. The maximum atomic E-state index is 13.4. The van der Waals surface area contributed by atoms with Crippen molar-refractivity contribution in [1.82, 2.24) is 19.7 Å². The number of pyridine rings is 1. The Morgan fingerprint density at radius 3 is 2.79 bits per heavy atom. The van der Waals surface area contributed by atoms with Gasteiger partial charge >= 0.3 is 0 Å². The smallest absolute Gasteiger partial charge is 0.267 e. The van der Waals surface area contributed by atoms with Gasteiger partial charge in [0.05, 0.1) is 6.26 Å². The number of carbonyl (C=O) groups excluding carboxylic acids is 3. The molecule has 0 radical (unpaired) electrons. The van der Waals surface area contributed by atoms with E-state index in [4.69, 9.17) is 10.2 Å². The Labute approximate surface area is 203 Å². The van der Waals surface area contributed by atoms with Crippen LogP contribution >= 0.6 is 15.9 Å². The van der Waals surface area contributed by atoms with E-state index in [1.807, 2.05) is 13.0 Å². The zero-order valence-corrected chi connectivity index (χ0v) is 20.2. The molecular formula is C23H23BrN6O4. The number of nitrogens with zero attached hydrogens (tertiary/aromatic N) is 4. The van der Waals surface area contributed by atoms with Gasteiger partial charge < -0.3 is 20.4 Å². The summed E-state index contributed by atoms with van der Waals surface area (Å²) in [5.74, 6) is -0.395. The van der Waals surface area contributed by atoms with Crippen molar-refractivity contribution in [3.63, 3.8) is 0 Å². The van der Waals surface area contributed by atoms with Crippen LogP contribution in [0.1, 0.15) is 35.8 Å². The molecule has 1 aliphatic heterocycles. The predicted octanol–water partition coefficient (Wildman–Crippen LogP) is 2.73. The molecule has 11 heteroatoms. The molecule has 1 saturated heterocycles. The molecule has 5 rings (SSSR count). The summed E-state index contributed by atoms with van der Waals surface area (Å²) < 4.78 is 7.22. The van der Waals surface area contributed by atoms with E-state index in [0.29, 0.717) is 28.3 Å². The second-order valence-corrected chi connectivity index (χ2v) is 9.91. The molecule has 176 valence electrons. The van der Waals surface area contributed by atoms with Crippen molar-refractivity contribution in [2.24, 2.45) is 11.1 Å². The van der Waals surface area contributed by atoms with E-state index in [2.05, 4.69) is 38.3 Å². The molecule has 1 saturated carbocycles. The van der Waals surface area contributed by atoms with Crippen LogP contribution in [0.4, 0.5) is 5.82 Å². The quantitative estimate of drug-likeness (QED) is 0.473. The fourth-order valence-corrected chi connectivity index (χ4v) is 4.99. The first-order valence-electron chi connectivity index (χ1n) is 10.8. The van der Waals surface area contributed by atoms with Gasteiger partial charge in [-0.2, -0.15) is 5.10 Å². The topological polar surface area (TPSA) is 136 Å². The molecule has 0 spiro atoms. The van der Waals surface area contributed by atoms with Crippen LogP contribution in [0.5, 0.6) is 0 Å². The summed E-state index contributed by atoms with van der Waals surface area (Å²) in [4.78, 5) is 44.6. The number of rotatable bonds is 6. The second kappa shape index (κ2) is 8.08. The highest BCUT2D eigenvalue weighted by Gasteiger charge is 2.64. The van der Waals surface area contributed by atoms with Crippen LogP contribution in [-0.2, 0) is 16.1 Å². The zero-order chi connectivity index (χ0) is 24.2. The first-order valence-corrected chi connectivity index (χ1v) is 11.6. The van der Waals surface area contributed by atoms with Crippen LogP contribution in [-0.4, -0.2) is 49.5 Å². The Balaban J connectivity index is 1.39. The number of fused-ring (bicyclic) bond motifs is 1. The molecule has 2 fully saturated rings. The number of aromatic nitrogens is 3. The molecule has 0 bridgehead atoms. The summed E-state index contributed by atoms with van der Waals surface area (Å²) in [6, 6.07) is 7.86. The number of hydrogen-bond donors (Lipinski definition) is 2. The lowest BCUT2D eigenvalue weighted by Crippen LogP contribution is -2.47. The molecule has 3 aromatic rings. The number of furan rings is 1. The molecule has 3 atom stereocenters. The average Bonchev–Trinajstić information content (AvgIpc) is 3.22. The highest BCUT2D eigenvalue weighted by Crippen LogP contribution is 2.59. The number of likely N-dealkylation sites (tertiary alicyclic amines) is 1. The molecule has 3 aromatic heterocycles. The number of anilines is 1. The molecule has 34 heavy (non-hydrogen) atoms. The average molecular weight is 527 g/mol. The Bertz CT molecular complexity index is 1300. The first kappa shape index (κ1) is 22.3. The van der Waals surface area contributed by atoms with Crippen molar-refractivity contribution in [2.45, 2.75) is 45.3 Å². The number of carbonyl (C=O) groups is 3. The Hall–Kier alpha value is -3.47. The van der Waals surface area contributed by atoms with Crippen LogP contribution in [0.25, 0.3) is 11.5 Å². The minimum atomic E-state index is -0.707. The number of nitrogens with two attached hydrogens (primary N) is 1. The number of amides is 3. The van der Waals surface area contributed by atoms with Crippen LogP contribution in [0, 0.1) is 12.3 Å². The summed E-state index contributed by atoms with van der Waals surface area (Å²) in [5.41, 5.74) is 6.73. The van der Waals surface area contributed by atoms with Crippen LogP contribution < -0.4 is 11.1 Å². The van der Waals surface area contributed by atoms with E-state index < -0.39 is 11.9 Å². The van der Waals surface area contributed by atoms with Gasteiger partial charge in [-0.1, -0.05) is 13.0 Å². The first-order chi connectivity index (χ1) is 16.2. The zero-order valence-electron chi connectivity index (χ0n) is 18.6. The maximum Gasteiger partial charge on any atom is 0.267 e. The third-order valence-corrected chi connectivity index (χ3v) is 7.06. The van der Waals surface area contributed by atoms with Gasteiger partial charge in [0, 0.05) is 12.1 Å². The largest absolute Gasteiger partial charge is 0.463 e. The van der Waals surface area contributed by atoms with Gasteiger partial charge in [0.15, 0.2) is 5.76 Å². The third kappa shape index (κ3) is 3.89. The van der Waals surface area contributed by atoms with E-state index in [0.717, 1.165) is 12.0 Å². The van der Waals surface area contributed by atoms with Crippen molar-refractivity contribution in [1.29, 1.82) is 0 Å². The van der Waals surface area contributed by atoms with Gasteiger partial charge in [0.2, 0.25) is 11.8 Å². The lowest BCUT2D eigenvalue weighted by molar-refractivity contribution is -0.138. The van der Waals surface area contributed by atoms with Gasteiger partial charge in [-0.05, 0) is 64.9 Å². The van der Waals surface area contributed by atoms with Crippen molar-refractivity contribution >= 4 is 39.5 Å². The number of hydrogen-bond acceptors (Lipinski definition) is 6. The third-order valence-electron chi connectivity index (χ3n) is 6.62. The number of piperidine rings is 1. The normalized spacial score (nSPS) is 23.0. The highest BCUT2D eigenvalue weighted by atomic mass is 79.9. The minimum absolute atomic E-state index is 0.0375. The fraction of sp³-hybridized carbons (Fsp3) is 0.348. The van der Waals surface area contributed by atoms with Crippen LogP contribution in [0.15, 0.2) is 45.6 Å². The van der Waals surface area contributed by atoms with Gasteiger partial charge in [0.25, 0.3) is 5.91 Å². The van der Waals surface area contributed by atoms with Crippen molar-refractivity contribution < 1.29 is 18.8 Å². The minimum Gasteiger partial charge on any atom is -0.463 e. The number of nitrogens with one attached hydrogen (secondary N) is 1. The van der Waals surface area contributed by atoms with Crippen molar-refractivity contribution in [2.75, 3.05) is 5.32 Å². The molecule has 10 nitrogen and oxygen atoms in total. The van der Waals surface area contributed by atoms with Gasteiger partial charge in [-0.15, -0.1) is 0 Å². The Morgan fingerprint density at radius 1 is 1.29 bits per heavy atom. The van der Waals surface area contributed by atoms with Crippen LogP contribution in [0.2, 0.25) is 0 Å². The van der Waals surface area contributed by atoms with E-state index in [1.54, 1.807) is 23.1 Å². The van der Waals surface area contributed by atoms with Gasteiger partial charge in [-0.25, -0.2) is 9.67 Å². The Kier molecular flexibility index (Phi) is 5.31. The summed E-state index contributed by atoms with van der Waals surface area (Å²) in [7, 11) is 0. The molecule has 1 unspecified atom stereocenters. The maximum absolute atomic E-state index is 13.4. The molecule has 2 aliphatic rings. The van der Waals surface area contributed by atoms with E-state index in [1.165, 1.54) is 17.0 Å². The van der Waals surface area contributed by atoms with E-state index in [-0.39, 0.29) is 35.5 Å². The Morgan fingerprint density at radius 2 is 2.09 bits per heavy atom. The monoisotopic (exact) mass is 526 g/mol. The van der Waals surface area contributed by atoms with Crippen LogP contribution in [0.3, 0.4) is 0 Å². The molecular weight excluding hydrogens is 504 g/mol. The molecule has 4 heterocycles. The lowest BCUT2D eigenvalue weighted by atomic mass is 10.0. The van der Waals surface area contributed by atoms with Gasteiger partial charge in [-0.3, -0.25) is 14.4 Å². The standard InChI is InChI=1S/C23H23BrN6O4/c1-12-5-6-18(24)26-21(12)27-22(33)15-9-23(2)10-17(23)30(15)19(31)11-29-14(20(25)32)8-13(28-29)16-4-3-7-34-16/h3-8,15,17H,9-11H2,1-2H3,(H2,25,32)(H,26,27,33)/t15-,17?,23-/m0/s1. The number of primary amides is 1. The van der Waals surface area contributed by atoms with Crippen molar-refractivity contribution in [3.8, 4) is 11.5 Å². The highest BCUT2D eigenvalue weighted by molar-refractivity contribution is 9.10. The number of halogens is 1. The SMILES string of the molecule is Cc1ccc(Br)nc1NC(=O)[C@@H]1C[C@@]2(C)CC2N1C(=O)Cn1nc(-c2ccco2)cc1C(N)=O. The molecule has 1 aliphatic carbocycles. The second-order valence-electron chi connectivity index (χ2n) is 9.10. The summed E-state index contributed by atoms with van der Waals surface area (Å²) in [5, 5.41) is 7.23. The molecule has 3 amide bonds. The van der Waals surface area contributed by atoms with Gasteiger partial charge in [0.1, 0.15) is 34.4 Å². The van der Waals surface area contributed by atoms with Crippen molar-refractivity contribution in [3.05, 3.63) is 52.5 Å². The predicted molar refractivity (Wildman–Crippen MR) is 126 cm³/mol. The number of aryl methyl sites for hydroxylation is 1. The lowest BCUT2D eigenvalue weighted by Gasteiger charge is -2.27. The summed E-state index contributed by atoms with van der Waals surface area (Å²) in [6.07, 6.45) is 2.88. The van der Waals surface area contributed by atoms with E-state index >= 15 is 0 Å².